The summed E-state index contributed by atoms with van der Waals surface area (Å²) in [5.74, 6) is -1.36. The summed E-state index contributed by atoms with van der Waals surface area (Å²) in [7, 11) is -2.39. The van der Waals surface area contributed by atoms with Crippen molar-refractivity contribution in [3.05, 3.63) is 35.4 Å². The topological polar surface area (TPSA) is 102 Å². The summed E-state index contributed by atoms with van der Waals surface area (Å²) in [5.41, 5.74) is 1.73. The van der Waals surface area contributed by atoms with Crippen LogP contribution in [0.1, 0.15) is 30.4 Å². The number of rotatable bonds is 7. The standard InChI is InChI=1S/C19H26N2O5S.ClH/c1-26-17(22)13-27(24,25)12-15-4-2-14(3-5-15)11-21-18(23)16-10-19(16)6-8-20-9-7-19;/h2-5,16,20H,6-13H2,1H3,(H,21,23);1H. The molecule has 156 valence electrons. The van der Waals surface area contributed by atoms with Gasteiger partial charge in [-0.05, 0) is 48.9 Å². The first kappa shape index (κ1) is 22.6. The second-order valence-corrected chi connectivity index (χ2v) is 9.58. The van der Waals surface area contributed by atoms with Crippen LogP contribution in [0.25, 0.3) is 0 Å². The number of amides is 1. The first-order valence-electron chi connectivity index (χ1n) is 9.17. The molecule has 1 aromatic carbocycles. The Hall–Kier alpha value is -1.64. The molecule has 1 spiro atoms. The molecular weight excluding hydrogens is 404 g/mol. The van der Waals surface area contributed by atoms with Gasteiger partial charge in [-0.25, -0.2) is 8.42 Å². The van der Waals surface area contributed by atoms with Gasteiger partial charge in [0.25, 0.3) is 0 Å². The molecular formula is C19H27ClN2O5S. The lowest BCUT2D eigenvalue weighted by molar-refractivity contribution is -0.137. The molecule has 1 aliphatic carbocycles. The highest BCUT2D eigenvalue weighted by atomic mass is 35.5. The summed E-state index contributed by atoms with van der Waals surface area (Å²) in [4.78, 5) is 23.5. The molecule has 7 nitrogen and oxygen atoms in total. The van der Waals surface area contributed by atoms with E-state index in [0.29, 0.717) is 12.1 Å². The van der Waals surface area contributed by atoms with Gasteiger partial charge >= 0.3 is 5.97 Å². The van der Waals surface area contributed by atoms with Crippen molar-refractivity contribution in [2.75, 3.05) is 26.0 Å². The smallest absolute Gasteiger partial charge is 0.320 e. The minimum Gasteiger partial charge on any atom is -0.468 e. The van der Waals surface area contributed by atoms with Crippen molar-refractivity contribution in [1.82, 2.24) is 10.6 Å². The number of carbonyl (C=O) groups excluding carboxylic acids is 2. The van der Waals surface area contributed by atoms with Gasteiger partial charge in [-0.2, -0.15) is 0 Å². The van der Waals surface area contributed by atoms with Crippen LogP contribution in [0.2, 0.25) is 0 Å². The molecule has 1 aromatic rings. The molecule has 3 rings (SSSR count). The molecule has 2 aliphatic rings. The van der Waals surface area contributed by atoms with E-state index in [2.05, 4.69) is 15.4 Å². The van der Waals surface area contributed by atoms with E-state index >= 15 is 0 Å². The van der Waals surface area contributed by atoms with Crippen molar-refractivity contribution in [3.63, 3.8) is 0 Å². The number of esters is 1. The van der Waals surface area contributed by atoms with Gasteiger partial charge in [-0.1, -0.05) is 24.3 Å². The van der Waals surface area contributed by atoms with Crippen molar-refractivity contribution >= 4 is 34.1 Å². The SMILES string of the molecule is COC(=O)CS(=O)(=O)Cc1ccc(CNC(=O)C2CC23CCNCC3)cc1.Cl. The zero-order valence-corrected chi connectivity index (χ0v) is 17.5. The molecule has 1 unspecified atom stereocenters. The lowest BCUT2D eigenvalue weighted by Crippen LogP contribution is -2.33. The number of methoxy groups -OCH3 is 1. The summed E-state index contributed by atoms with van der Waals surface area (Å²) >= 11 is 0. The highest BCUT2D eigenvalue weighted by Gasteiger charge is 2.57. The number of hydrogen-bond donors (Lipinski definition) is 2. The Kier molecular flexibility index (Phi) is 7.47. The average molecular weight is 431 g/mol. The largest absolute Gasteiger partial charge is 0.468 e. The van der Waals surface area contributed by atoms with Crippen molar-refractivity contribution in [1.29, 1.82) is 0 Å². The lowest BCUT2D eigenvalue weighted by Gasteiger charge is -2.23. The third-order valence-electron chi connectivity index (χ3n) is 5.55. The number of piperidine rings is 1. The monoisotopic (exact) mass is 430 g/mol. The Morgan fingerprint density at radius 3 is 2.39 bits per heavy atom. The van der Waals surface area contributed by atoms with E-state index in [0.717, 1.165) is 45.0 Å². The van der Waals surface area contributed by atoms with Crippen LogP contribution >= 0.6 is 12.4 Å². The number of carbonyl (C=O) groups is 2. The van der Waals surface area contributed by atoms with Gasteiger partial charge < -0.3 is 15.4 Å². The molecule has 1 amide bonds. The number of ether oxygens (including phenoxy) is 1. The van der Waals surface area contributed by atoms with Crippen LogP contribution in [0.3, 0.4) is 0 Å². The molecule has 1 aliphatic heterocycles. The Balaban J connectivity index is 0.00000280. The van der Waals surface area contributed by atoms with Crippen LogP contribution in [-0.4, -0.2) is 46.2 Å². The van der Waals surface area contributed by atoms with E-state index in [4.69, 9.17) is 0 Å². The Labute approximate surface area is 171 Å². The van der Waals surface area contributed by atoms with Crippen molar-refractivity contribution in [2.24, 2.45) is 11.3 Å². The van der Waals surface area contributed by atoms with E-state index in [9.17, 15) is 18.0 Å². The summed E-state index contributed by atoms with van der Waals surface area (Å²) < 4.78 is 28.3. The molecule has 1 saturated carbocycles. The molecule has 28 heavy (non-hydrogen) atoms. The van der Waals surface area contributed by atoms with Crippen LogP contribution < -0.4 is 10.6 Å². The van der Waals surface area contributed by atoms with Crippen molar-refractivity contribution in [3.8, 4) is 0 Å². The number of nitrogens with one attached hydrogen (secondary N) is 2. The van der Waals surface area contributed by atoms with Gasteiger partial charge in [0, 0.05) is 12.5 Å². The Morgan fingerprint density at radius 2 is 1.79 bits per heavy atom. The maximum atomic E-state index is 12.4. The average Bonchev–Trinajstić information content (AvgIpc) is 3.33. The van der Waals surface area contributed by atoms with Gasteiger partial charge in [0.1, 0.15) is 5.75 Å². The molecule has 1 heterocycles. The van der Waals surface area contributed by atoms with Crippen LogP contribution in [0.5, 0.6) is 0 Å². The summed E-state index contributed by atoms with van der Waals surface area (Å²) in [5, 5.41) is 6.33. The highest BCUT2D eigenvalue weighted by molar-refractivity contribution is 7.91. The van der Waals surface area contributed by atoms with E-state index in [1.807, 2.05) is 0 Å². The second-order valence-electron chi connectivity index (χ2n) is 7.51. The van der Waals surface area contributed by atoms with Gasteiger partial charge in [0.15, 0.2) is 9.84 Å². The molecule has 0 aromatic heterocycles. The van der Waals surface area contributed by atoms with Crippen molar-refractivity contribution in [2.45, 2.75) is 31.6 Å². The van der Waals surface area contributed by atoms with Gasteiger partial charge in [0.2, 0.25) is 5.91 Å². The molecule has 1 atom stereocenters. The summed E-state index contributed by atoms with van der Waals surface area (Å²) in [6.45, 7) is 2.41. The van der Waals surface area contributed by atoms with E-state index in [-0.39, 0.29) is 35.4 Å². The number of hydrogen-bond acceptors (Lipinski definition) is 6. The molecule has 2 fully saturated rings. The minimum atomic E-state index is -3.55. The zero-order valence-electron chi connectivity index (χ0n) is 15.9. The quantitative estimate of drug-likeness (QED) is 0.630. The van der Waals surface area contributed by atoms with Gasteiger partial charge in [-0.15, -0.1) is 12.4 Å². The number of halogens is 1. The van der Waals surface area contributed by atoms with Crippen molar-refractivity contribution < 1.29 is 22.7 Å². The summed E-state index contributed by atoms with van der Waals surface area (Å²) in [6, 6.07) is 7.02. The lowest BCUT2D eigenvalue weighted by atomic mass is 9.92. The minimum absolute atomic E-state index is 0. The van der Waals surface area contributed by atoms with Crippen LogP contribution in [0, 0.1) is 11.3 Å². The van der Waals surface area contributed by atoms with Crippen LogP contribution in [-0.2, 0) is 36.5 Å². The first-order valence-corrected chi connectivity index (χ1v) is 11.0. The number of benzene rings is 1. The molecule has 2 N–H and O–H groups in total. The fourth-order valence-electron chi connectivity index (χ4n) is 3.80. The number of sulfone groups is 1. The predicted molar refractivity (Wildman–Crippen MR) is 108 cm³/mol. The zero-order chi connectivity index (χ0) is 19.5. The second kappa shape index (κ2) is 9.24. The maximum Gasteiger partial charge on any atom is 0.320 e. The normalized spacial score (nSPS) is 20.1. The molecule has 0 radical (unpaired) electrons. The third-order valence-corrected chi connectivity index (χ3v) is 7.00. The van der Waals surface area contributed by atoms with E-state index in [1.165, 1.54) is 0 Å². The molecule has 1 saturated heterocycles. The molecule has 0 bridgehead atoms. The Morgan fingerprint density at radius 1 is 1.18 bits per heavy atom. The first-order chi connectivity index (χ1) is 12.8. The van der Waals surface area contributed by atoms with Crippen LogP contribution in [0.4, 0.5) is 0 Å². The van der Waals surface area contributed by atoms with Gasteiger partial charge in [-0.3, -0.25) is 9.59 Å². The van der Waals surface area contributed by atoms with E-state index < -0.39 is 21.6 Å². The predicted octanol–water partition coefficient (Wildman–Crippen LogP) is 1.20. The Bertz CT molecular complexity index is 804. The fourth-order valence-corrected chi connectivity index (χ4v) is 5.08. The molecule has 9 heteroatoms. The third kappa shape index (κ3) is 5.68. The maximum absolute atomic E-state index is 12.4. The highest BCUT2D eigenvalue weighted by Crippen LogP contribution is 2.58. The van der Waals surface area contributed by atoms with Crippen LogP contribution in [0.15, 0.2) is 24.3 Å². The van der Waals surface area contributed by atoms with E-state index in [1.54, 1.807) is 24.3 Å². The summed E-state index contributed by atoms with van der Waals surface area (Å²) in [6.07, 6.45) is 3.12. The van der Waals surface area contributed by atoms with Gasteiger partial charge in [0.05, 0.1) is 12.9 Å². The fraction of sp³-hybridized carbons (Fsp3) is 0.579.